The lowest BCUT2D eigenvalue weighted by Crippen LogP contribution is -2.11. The van der Waals surface area contributed by atoms with Crippen LogP contribution in [0.15, 0.2) is 30.9 Å². The summed E-state index contributed by atoms with van der Waals surface area (Å²) < 4.78 is 3.85. The quantitative estimate of drug-likeness (QED) is 0.719. The molecule has 3 aromatic heterocycles. The first kappa shape index (κ1) is 13.4. The number of nitrogens with one attached hydrogen (secondary N) is 2. The third-order valence-electron chi connectivity index (χ3n) is 3.33. The van der Waals surface area contributed by atoms with Crippen molar-refractivity contribution in [3.8, 4) is 0 Å². The van der Waals surface area contributed by atoms with Gasteiger partial charge in [-0.1, -0.05) is 0 Å². The van der Waals surface area contributed by atoms with E-state index in [0.717, 1.165) is 36.8 Å². The van der Waals surface area contributed by atoms with Crippen LogP contribution in [0.25, 0.3) is 5.65 Å². The molecule has 21 heavy (non-hydrogen) atoms. The van der Waals surface area contributed by atoms with Gasteiger partial charge in [-0.25, -0.2) is 9.97 Å². The first-order chi connectivity index (χ1) is 10.3. The van der Waals surface area contributed by atoms with Crippen LogP contribution in [-0.2, 0) is 13.5 Å². The molecule has 7 nitrogen and oxygen atoms in total. The van der Waals surface area contributed by atoms with Crippen LogP contribution in [0.2, 0.25) is 0 Å². The lowest BCUT2D eigenvalue weighted by atomic mass is 10.3. The van der Waals surface area contributed by atoms with Crippen LogP contribution in [0.1, 0.15) is 12.6 Å². The number of aromatic nitrogens is 5. The number of hydrogen-bond acceptors (Lipinski definition) is 5. The van der Waals surface area contributed by atoms with Crippen LogP contribution in [0, 0.1) is 0 Å². The average molecular weight is 285 g/mol. The van der Waals surface area contributed by atoms with Crippen molar-refractivity contribution < 1.29 is 0 Å². The van der Waals surface area contributed by atoms with Crippen molar-refractivity contribution in [2.24, 2.45) is 7.05 Å². The molecular weight excluding hydrogens is 266 g/mol. The molecule has 0 fully saturated rings. The van der Waals surface area contributed by atoms with E-state index in [0.29, 0.717) is 0 Å². The van der Waals surface area contributed by atoms with Crippen molar-refractivity contribution in [2.45, 2.75) is 13.3 Å². The largest absolute Gasteiger partial charge is 0.369 e. The number of nitrogens with zero attached hydrogens (tertiary/aromatic N) is 5. The maximum Gasteiger partial charge on any atom is 0.180 e. The molecule has 0 atom stereocenters. The van der Waals surface area contributed by atoms with Gasteiger partial charge < -0.3 is 15.0 Å². The second-order valence-corrected chi connectivity index (χ2v) is 4.79. The Morgan fingerprint density at radius 2 is 2.14 bits per heavy atom. The van der Waals surface area contributed by atoms with E-state index in [1.165, 1.54) is 5.69 Å². The summed E-state index contributed by atoms with van der Waals surface area (Å²) in [6.45, 7) is 3.67. The summed E-state index contributed by atoms with van der Waals surface area (Å²) in [6, 6.07) is 2.02. The predicted molar refractivity (Wildman–Crippen MR) is 82.6 cm³/mol. The summed E-state index contributed by atoms with van der Waals surface area (Å²) in [6.07, 6.45) is 8.34. The Labute approximate surface area is 123 Å². The molecule has 2 N–H and O–H groups in total. The monoisotopic (exact) mass is 285 g/mol. The highest BCUT2D eigenvalue weighted by Gasteiger charge is 2.07. The Kier molecular flexibility index (Phi) is 3.72. The van der Waals surface area contributed by atoms with Gasteiger partial charge in [0.05, 0.1) is 6.20 Å². The number of rotatable bonds is 6. The summed E-state index contributed by atoms with van der Waals surface area (Å²) in [4.78, 5) is 8.92. The number of anilines is 2. The van der Waals surface area contributed by atoms with Gasteiger partial charge in [0.15, 0.2) is 11.5 Å². The lowest BCUT2D eigenvalue weighted by molar-refractivity contribution is 0.711. The van der Waals surface area contributed by atoms with E-state index in [4.69, 9.17) is 0 Å². The molecule has 0 spiro atoms. The Bertz CT molecular complexity index is 728. The van der Waals surface area contributed by atoms with Gasteiger partial charge in [0.1, 0.15) is 5.82 Å². The number of imidazole rings is 1. The maximum atomic E-state index is 4.58. The minimum Gasteiger partial charge on any atom is -0.369 e. The number of hydrogen-bond donors (Lipinski definition) is 2. The molecule has 0 unspecified atom stereocenters. The number of aryl methyl sites for hydroxylation is 1. The summed E-state index contributed by atoms with van der Waals surface area (Å²) in [5.41, 5.74) is 2.02. The second kappa shape index (κ2) is 5.82. The molecule has 0 aliphatic heterocycles. The van der Waals surface area contributed by atoms with Gasteiger partial charge >= 0.3 is 0 Å². The third kappa shape index (κ3) is 2.81. The smallest absolute Gasteiger partial charge is 0.180 e. The summed E-state index contributed by atoms with van der Waals surface area (Å²) in [7, 11) is 1.95. The van der Waals surface area contributed by atoms with Crippen molar-refractivity contribution in [1.82, 2.24) is 24.1 Å². The van der Waals surface area contributed by atoms with Gasteiger partial charge in [0.2, 0.25) is 0 Å². The highest BCUT2D eigenvalue weighted by Crippen LogP contribution is 2.16. The molecule has 3 heterocycles. The normalized spacial score (nSPS) is 11.0. The zero-order valence-electron chi connectivity index (χ0n) is 12.2. The van der Waals surface area contributed by atoms with Gasteiger partial charge in [-0.15, -0.1) is 0 Å². The molecule has 0 bridgehead atoms. The first-order valence-electron chi connectivity index (χ1n) is 7.06. The third-order valence-corrected chi connectivity index (χ3v) is 3.33. The van der Waals surface area contributed by atoms with E-state index in [-0.39, 0.29) is 0 Å². The van der Waals surface area contributed by atoms with Crippen LogP contribution in [0.5, 0.6) is 0 Å². The van der Waals surface area contributed by atoms with E-state index in [2.05, 4.69) is 32.6 Å². The molecule has 7 heteroatoms. The highest BCUT2D eigenvalue weighted by molar-refractivity contribution is 5.65. The minimum atomic E-state index is 0.782. The second-order valence-electron chi connectivity index (χ2n) is 4.79. The minimum absolute atomic E-state index is 0.782. The molecule has 0 aromatic carbocycles. The highest BCUT2D eigenvalue weighted by atomic mass is 15.3. The van der Waals surface area contributed by atoms with E-state index >= 15 is 0 Å². The summed E-state index contributed by atoms with van der Waals surface area (Å²) in [5.74, 6) is 1.63. The number of fused-ring (bicyclic) bond motifs is 1. The molecule has 0 amide bonds. The van der Waals surface area contributed by atoms with Gasteiger partial charge in [-0.2, -0.15) is 5.10 Å². The predicted octanol–water partition coefficient (Wildman–Crippen LogP) is 1.55. The molecule has 0 saturated carbocycles. The van der Waals surface area contributed by atoms with Crippen LogP contribution in [0.4, 0.5) is 11.6 Å². The van der Waals surface area contributed by atoms with E-state index in [9.17, 15) is 0 Å². The van der Waals surface area contributed by atoms with Gasteiger partial charge in [-0.05, 0) is 13.0 Å². The maximum absolute atomic E-state index is 4.58. The molecule has 0 aliphatic rings. The molecule has 3 rings (SSSR count). The Morgan fingerprint density at radius 3 is 2.90 bits per heavy atom. The zero-order valence-corrected chi connectivity index (χ0v) is 12.2. The van der Waals surface area contributed by atoms with E-state index in [1.807, 2.05) is 40.8 Å². The van der Waals surface area contributed by atoms with E-state index in [1.54, 1.807) is 6.20 Å². The van der Waals surface area contributed by atoms with Gasteiger partial charge in [0.25, 0.3) is 0 Å². The van der Waals surface area contributed by atoms with Gasteiger partial charge in [-0.3, -0.25) is 4.68 Å². The SMILES string of the molecule is CCNc1cn2ccnc2c(NCCc2ccnn2C)n1. The van der Waals surface area contributed by atoms with Crippen molar-refractivity contribution in [3.63, 3.8) is 0 Å². The van der Waals surface area contributed by atoms with Crippen LogP contribution < -0.4 is 10.6 Å². The molecule has 3 aromatic rings. The zero-order chi connectivity index (χ0) is 14.7. The van der Waals surface area contributed by atoms with Crippen molar-refractivity contribution in [2.75, 3.05) is 23.7 Å². The standard InChI is InChI=1S/C14H19N7/c1-3-15-12-10-21-9-8-17-14(21)13(19-12)16-6-4-11-5-7-18-20(11)2/h5,7-10,15H,3-4,6H2,1-2H3,(H,16,19). The molecule has 110 valence electrons. The van der Waals surface area contributed by atoms with E-state index < -0.39 is 0 Å². The molecule has 0 radical (unpaired) electrons. The van der Waals surface area contributed by atoms with Crippen LogP contribution in [0.3, 0.4) is 0 Å². The topological polar surface area (TPSA) is 72.1 Å². The Hall–Kier alpha value is -2.57. The Morgan fingerprint density at radius 1 is 1.24 bits per heavy atom. The fourth-order valence-corrected chi connectivity index (χ4v) is 2.27. The summed E-state index contributed by atoms with van der Waals surface area (Å²) in [5, 5.41) is 10.8. The average Bonchev–Trinajstić information content (AvgIpc) is 3.08. The van der Waals surface area contributed by atoms with Crippen molar-refractivity contribution >= 4 is 17.3 Å². The lowest BCUT2D eigenvalue weighted by Gasteiger charge is -2.10. The first-order valence-corrected chi connectivity index (χ1v) is 7.06. The molecule has 0 aliphatic carbocycles. The summed E-state index contributed by atoms with van der Waals surface area (Å²) >= 11 is 0. The Balaban J connectivity index is 1.76. The van der Waals surface area contributed by atoms with Gasteiger partial charge in [0, 0.05) is 50.8 Å². The van der Waals surface area contributed by atoms with Crippen LogP contribution in [-0.4, -0.2) is 37.2 Å². The van der Waals surface area contributed by atoms with Crippen molar-refractivity contribution in [3.05, 3.63) is 36.5 Å². The molecular formula is C14H19N7. The fourth-order valence-electron chi connectivity index (χ4n) is 2.27. The van der Waals surface area contributed by atoms with Crippen LogP contribution >= 0.6 is 0 Å². The van der Waals surface area contributed by atoms with Crippen molar-refractivity contribution in [1.29, 1.82) is 0 Å². The molecule has 0 saturated heterocycles. The fraction of sp³-hybridized carbons (Fsp3) is 0.357.